The first-order valence-corrected chi connectivity index (χ1v) is 9.25. The molecule has 1 fully saturated rings. The Bertz CT molecular complexity index is 508. The zero-order valence-electron chi connectivity index (χ0n) is 16.5. The van der Waals surface area contributed by atoms with Crippen molar-refractivity contribution in [3.05, 3.63) is 59.8 Å². The smallest absolute Gasteiger partial charge is 0.0614 e. The lowest BCUT2D eigenvalue weighted by atomic mass is 9.91. The minimum atomic E-state index is 0.531. The number of nitrogens with one attached hydrogen (secondary N) is 1. The van der Waals surface area contributed by atoms with E-state index in [1.807, 2.05) is 26.0 Å². The fourth-order valence-electron chi connectivity index (χ4n) is 2.83. The van der Waals surface area contributed by atoms with Crippen LogP contribution in [0.5, 0.6) is 0 Å². The Hall–Kier alpha value is -1.63. The van der Waals surface area contributed by atoms with E-state index in [1.165, 1.54) is 37.7 Å². The minimum Gasteiger partial charge on any atom is -0.300 e. The number of hydrogen-bond donors (Lipinski definition) is 1. The van der Waals surface area contributed by atoms with Gasteiger partial charge in [-0.25, -0.2) is 0 Å². The predicted molar refractivity (Wildman–Crippen MR) is 111 cm³/mol. The summed E-state index contributed by atoms with van der Waals surface area (Å²) >= 11 is 0. The molecule has 1 aliphatic rings. The Kier molecular flexibility index (Phi) is 11.9. The highest BCUT2D eigenvalue weighted by Gasteiger charge is 2.07. The molecule has 0 atom stereocenters. The summed E-state index contributed by atoms with van der Waals surface area (Å²) in [7, 11) is 0. The van der Waals surface area contributed by atoms with Gasteiger partial charge >= 0.3 is 0 Å². The molecule has 134 valence electrons. The van der Waals surface area contributed by atoms with Crippen molar-refractivity contribution in [2.24, 2.45) is 5.92 Å². The Morgan fingerprint density at radius 3 is 2.04 bits per heavy atom. The van der Waals surface area contributed by atoms with Crippen molar-refractivity contribution in [3.63, 3.8) is 0 Å². The van der Waals surface area contributed by atoms with Gasteiger partial charge in [0, 0.05) is 5.57 Å². The van der Waals surface area contributed by atoms with Gasteiger partial charge in [0.05, 0.1) is 5.71 Å². The molecular weight excluding hydrogens is 290 g/mol. The highest BCUT2D eigenvalue weighted by molar-refractivity contribution is 6.09. The van der Waals surface area contributed by atoms with E-state index in [0.717, 1.165) is 29.1 Å². The molecule has 1 aliphatic carbocycles. The largest absolute Gasteiger partial charge is 0.300 e. The predicted octanol–water partition coefficient (Wildman–Crippen LogP) is 7.58. The van der Waals surface area contributed by atoms with Crippen molar-refractivity contribution in [1.29, 1.82) is 5.41 Å². The van der Waals surface area contributed by atoms with Crippen molar-refractivity contribution in [2.45, 2.75) is 73.1 Å². The molecule has 1 heteroatoms. The van der Waals surface area contributed by atoms with Gasteiger partial charge in [0.25, 0.3) is 0 Å². The molecule has 24 heavy (non-hydrogen) atoms. The molecule has 0 heterocycles. The van der Waals surface area contributed by atoms with Gasteiger partial charge in [-0.2, -0.15) is 0 Å². The van der Waals surface area contributed by atoms with Crippen LogP contribution in [0.3, 0.4) is 0 Å². The van der Waals surface area contributed by atoms with E-state index in [1.54, 1.807) is 12.2 Å². The molecule has 0 radical (unpaired) electrons. The average Bonchev–Trinajstić information content (AvgIpc) is 2.54. The van der Waals surface area contributed by atoms with Gasteiger partial charge in [-0.1, -0.05) is 88.5 Å². The minimum absolute atomic E-state index is 0.531. The fraction of sp³-hybridized carbons (Fsp3) is 0.522. The second-order valence-electron chi connectivity index (χ2n) is 6.93. The fourth-order valence-corrected chi connectivity index (χ4v) is 2.83. The van der Waals surface area contributed by atoms with Gasteiger partial charge in [0.1, 0.15) is 0 Å². The van der Waals surface area contributed by atoms with E-state index in [0.29, 0.717) is 5.71 Å². The van der Waals surface area contributed by atoms with Crippen LogP contribution in [-0.4, -0.2) is 5.71 Å². The molecule has 0 aromatic rings. The van der Waals surface area contributed by atoms with E-state index in [9.17, 15) is 0 Å². The lowest BCUT2D eigenvalue weighted by molar-refractivity contribution is 0.385. The summed E-state index contributed by atoms with van der Waals surface area (Å²) < 4.78 is 0. The molecule has 1 nitrogen and oxygen atoms in total. The van der Waals surface area contributed by atoms with Gasteiger partial charge in [-0.05, 0) is 44.8 Å². The molecular formula is C23H37N. The second kappa shape index (κ2) is 12.8. The summed E-state index contributed by atoms with van der Waals surface area (Å²) in [6.45, 7) is 18.0. The van der Waals surface area contributed by atoms with Gasteiger partial charge in [0.2, 0.25) is 0 Å². The molecule has 1 saturated carbocycles. The lowest BCUT2D eigenvalue weighted by Gasteiger charge is -2.15. The van der Waals surface area contributed by atoms with Crippen LogP contribution in [0, 0.1) is 11.3 Å². The third-order valence-electron chi connectivity index (χ3n) is 4.42. The van der Waals surface area contributed by atoms with E-state index in [4.69, 9.17) is 5.41 Å². The molecule has 0 bridgehead atoms. The maximum absolute atomic E-state index is 8.12. The van der Waals surface area contributed by atoms with Crippen LogP contribution in [0.1, 0.15) is 73.1 Å². The first-order valence-electron chi connectivity index (χ1n) is 9.25. The third kappa shape index (κ3) is 9.50. The zero-order chi connectivity index (χ0) is 18.5. The van der Waals surface area contributed by atoms with Crippen LogP contribution in [-0.2, 0) is 0 Å². The summed E-state index contributed by atoms with van der Waals surface area (Å²) in [5.41, 5.74) is 4.79. The lowest BCUT2D eigenvalue weighted by Crippen LogP contribution is -2.02. The molecule has 0 amide bonds. The molecule has 0 saturated heterocycles. The van der Waals surface area contributed by atoms with Crippen molar-refractivity contribution in [2.75, 3.05) is 0 Å². The van der Waals surface area contributed by atoms with Crippen molar-refractivity contribution >= 4 is 5.71 Å². The summed E-state index contributed by atoms with van der Waals surface area (Å²) in [4.78, 5) is 0. The van der Waals surface area contributed by atoms with Crippen molar-refractivity contribution < 1.29 is 0 Å². The Balaban J connectivity index is 0.000000620. The molecule has 1 N–H and O–H groups in total. The molecule has 0 aliphatic heterocycles. The quantitative estimate of drug-likeness (QED) is 0.384. The van der Waals surface area contributed by atoms with E-state index in [2.05, 4.69) is 33.9 Å². The van der Waals surface area contributed by atoms with Crippen LogP contribution in [0.25, 0.3) is 0 Å². The van der Waals surface area contributed by atoms with Gasteiger partial charge in [-0.15, -0.1) is 0 Å². The highest BCUT2D eigenvalue weighted by atomic mass is 14.4. The average molecular weight is 328 g/mol. The highest BCUT2D eigenvalue weighted by Crippen LogP contribution is 2.22. The third-order valence-corrected chi connectivity index (χ3v) is 4.42. The van der Waals surface area contributed by atoms with Crippen LogP contribution in [0.4, 0.5) is 0 Å². The van der Waals surface area contributed by atoms with Gasteiger partial charge in [0.15, 0.2) is 0 Å². The standard InChI is InChI=1S/C16H23N.C7H14/c1-7-9-14(6)16(13(5)8-2)15(17)11-10-12(3)4;1-7-5-3-2-4-6-7/h7,9-11,17H,1,3,8H2,2,4-6H3;7H,2-6H2,1H3/b11-10+,14-9-,16-13-,17-15?;. The summed E-state index contributed by atoms with van der Waals surface area (Å²) in [6.07, 6.45) is 15.8. The van der Waals surface area contributed by atoms with Crippen molar-refractivity contribution in [1.82, 2.24) is 0 Å². The van der Waals surface area contributed by atoms with Gasteiger partial charge in [-0.3, -0.25) is 0 Å². The number of hydrogen-bond acceptors (Lipinski definition) is 1. The molecule has 1 rings (SSSR count). The van der Waals surface area contributed by atoms with Gasteiger partial charge < -0.3 is 5.41 Å². The van der Waals surface area contributed by atoms with E-state index < -0.39 is 0 Å². The maximum atomic E-state index is 8.12. The summed E-state index contributed by atoms with van der Waals surface area (Å²) in [6, 6.07) is 0. The first kappa shape index (κ1) is 22.4. The molecule has 0 spiro atoms. The SMILES string of the molecule is C=C/C=C(C)\C(C(=N)/C=C/C(=C)C)=C(/C)CC.CC1CCCCC1. The van der Waals surface area contributed by atoms with Crippen LogP contribution < -0.4 is 0 Å². The number of allylic oxidation sites excluding steroid dienone is 8. The summed E-state index contributed by atoms with van der Waals surface area (Å²) in [5, 5.41) is 8.12. The maximum Gasteiger partial charge on any atom is 0.0614 e. The van der Waals surface area contributed by atoms with Crippen LogP contribution in [0.15, 0.2) is 59.8 Å². The van der Waals surface area contributed by atoms with Crippen LogP contribution in [0.2, 0.25) is 0 Å². The normalized spacial score (nSPS) is 17.0. The van der Waals surface area contributed by atoms with E-state index in [-0.39, 0.29) is 0 Å². The molecule has 0 aromatic heterocycles. The molecule has 0 aromatic carbocycles. The van der Waals surface area contributed by atoms with Crippen molar-refractivity contribution in [3.8, 4) is 0 Å². The van der Waals surface area contributed by atoms with Crippen LogP contribution >= 0.6 is 0 Å². The Morgan fingerprint density at radius 1 is 1.08 bits per heavy atom. The summed E-state index contributed by atoms with van der Waals surface area (Å²) in [5.74, 6) is 1.04. The Morgan fingerprint density at radius 2 is 1.67 bits per heavy atom. The topological polar surface area (TPSA) is 23.9 Å². The Labute approximate surface area is 150 Å². The second-order valence-corrected chi connectivity index (χ2v) is 6.93. The monoisotopic (exact) mass is 327 g/mol. The number of rotatable bonds is 6. The molecule has 0 unspecified atom stereocenters. The first-order chi connectivity index (χ1) is 11.3. The van der Waals surface area contributed by atoms with E-state index >= 15 is 0 Å². The zero-order valence-corrected chi connectivity index (χ0v) is 16.5.